The predicted molar refractivity (Wildman–Crippen MR) is 111 cm³/mol. The Kier molecular flexibility index (Phi) is 6.52. The molecule has 0 fully saturated rings. The lowest BCUT2D eigenvalue weighted by Gasteiger charge is -2.14. The molecule has 2 aromatic carbocycles. The van der Waals surface area contributed by atoms with E-state index < -0.39 is 5.97 Å². The van der Waals surface area contributed by atoms with Crippen molar-refractivity contribution in [2.24, 2.45) is 0 Å². The van der Waals surface area contributed by atoms with E-state index in [1.807, 2.05) is 37.3 Å². The second kappa shape index (κ2) is 9.45. The van der Waals surface area contributed by atoms with Crippen LogP contribution in [0, 0.1) is 0 Å². The molecule has 0 saturated heterocycles. The summed E-state index contributed by atoms with van der Waals surface area (Å²) in [6, 6.07) is 19.8. The summed E-state index contributed by atoms with van der Waals surface area (Å²) in [5, 5.41) is 14.1. The molecular formula is C22H22N4O3. The minimum Gasteiger partial charge on any atom is -0.462 e. The quantitative estimate of drug-likeness (QED) is 0.591. The molecule has 1 atom stereocenters. The molecular weight excluding hydrogens is 368 g/mol. The third kappa shape index (κ3) is 5.38. The second-order valence-corrected chi connectivity index (χ2v) is 6.33. The number of anilines is 2. The molecule has 7 heteroatoms. The van der Waals surface area contributed by atoms with E-state index in [0.29, 0.717) is 23.7 Å². The number of carbonyl (C=O) groups is 2. The van der Waals surface area contributed by atoms with E-state index in [-0.39, 0.29) is 17.6 Å². The average molecular weight is 390 g/mol. The van der Waals surface area contributed by atoms with Crippen LogP contribution < -0.4 is 10.6 Å². The van der Waals surface area contributed by atoms with Gasteiger partial charge in [0.15, 0.2) is 5.69 Å². The number of amides is 1. The molecule has 29 heavy (non-hydrogen) atoms. The lowest BCUT2D eigenvalue weighted by molar-refractivity contribution is 0.0526. The van der Waals surface area contributed by atoms with Crippen LogP contribution >= 0.6 is 0 Å². The number of carbonyl (C=O) groups excluding carboxylic acids is 2. The first kappa shape index (κ1) is 20.0. The first-order valence-electron chi connectivity index (χ1n) is 9.30. The topological polar surface area (TPSA) is 93.2 Å². The Bertz CT molecular complexity index is 958. The van der Waals surface area contributed by atoms with Gasteiger partial charge in [-0.05, 0) is 55.8 Å². The van der Waals surface area contributed by atoms with E-state index >= 15 is 0 Å². The molecule has 1 heterocycles. The van der Waals surface area contributed by atoms with Crippen molar-refractivity contribution < 1.29 is 14.3 Å². The van der Waals surface area contributed by atoms with Crippen molar-refractivity contribution in [2.45, 2.75) is 19.9 Å². The van der Waals surface area contributed by atoms with E-state index in [1.54, 1.807) is 43.3 Å². The zero-order valence-electron chi connectivity index (χ0n) is 16.3. The largest absolute Gasteiger partial charge is 0.462 e. The van der Waals surface area contributed by atoms with Crippen LogP contribution in [0.4, 0.5) is 11.5 Å². The Labute approximate surface area is 169 Å². The van der Waals surface area contributed by atoms with Gasteiger partial charge in [0.2, 0.25) is 0 Å². The van der Waals surface area contributed by atoms with Gasteiger partial charge in [-0.2, -0.15) is 0 Å². The number of hydrogen-bond acceptors (Lipinski definition) is 6. The highest BCUT2D eigenvalue weighted by molar-refractivity contribution is 6.03. The molecule has 0 radical (unpaired) electrons. The van der Waals surface area contributed by atoms with E-state index in [0.717, 1.165) is 5.56 Å². The Morgan fingerprint density at radius 2 is 1.69 bits per heavy atom. The molecule has 1 amide bonds. The minimum atomic E-state index is -0.399. The van der Waals surface area contributed by atoms with Gasteiger partial charge in [0.1, 0.15) is 5.82 Å². The maximum absolute atomic E-state index is 12.4. The van der Waals surface area contributed by atoms with E-state index in [2.05, 4.69) is 20.8 Å². The van der Waals surface area contributed by atoms with Crippen LogP contribution in [0.3, 0.4) is 0 Å². The molecule has 7 nitrogen and oxygen atoms in total. The Balaban J connectivity index is 1.59. The standard InChI is InChI=1S/C22H22N4O3/c1-3-29-22(28)17-9-11-18(12-10-17)24-21(27)19-13-14-20(26-25-19)23-15(2)16-7-5-4-6-8-16/h4-15H,3H2,1-2H3,(H,23,26)(H,24,27). The molecule has 3 rings (SSSR count). The highest BCUT2D eigenvalue weighted by atomic mass is 16.5. The molecule has 0 aliphatic heterocycles. The smallest absolute Gasteiger partial charge is 0.338 e. The molecule has 0 bridgehead atoms. The summed E-state index contributed by atoms with van der Waals surface area (Å²) in [4.78, 5) is 24.0. The van der Waals surface area contributed by atoms with Gasteiger partial charge in [-0.3, -0.25) is 4.79 Å². The summed E-state index contributed by atoms with van der Waals surface area (Å²) >= 11 is 0. The van der Waals surface area contributed by atoms with Crippen LogP contribution in [0.2, 0.25) is 0 Å². The third-order valence-corrected chi connectivity index (χ3v) is 4.22. The number of benzene rings is 2. The summed E-state index contributed by atoms with van der Waals surface area (Å²) in [5.41, 5.74) is 2.29. The summed E-state index contributed by atoms with van der Waals surface area (Å²) in [5.74, 6) is -0.204. The average Bonchev–Trinajstić information content (AvgIpc) is 2.75. The number of aromatic nitrogens is 2. The van der Waals surface area contributed by atoms with Crippen molar-refractivity contribution in [3.05, 3.63) is 83.6 Å². The van der Waals surface area contributed by atoms with E-state index in [1.165, 1.54) is 0 Å². The fourth-order valence-corrected chi connectivity index (χ4v) is 2.68. The first-order valence-corrected chi connectivity index (χ1v) is 9.30. The number of nitrogens with one attached hydrogen (secondary N) is 2. The van der Waals surface area contributed by atoms with Crippen molar-refractivity contribution in [3.63, 3.8) is 0 Å². The van der Waals surface area contributed by atoms with Gasteiger partial charge in [-0.15, -0.1) is 10.2 Å². The monoisotopic (exact) mass is 390 g/mol. The third-order valence-electron chi connectivity index (χ3n) is 4.22. The Morgan fingerprint density at radius 3 is 2.31 bits per heavy atom. The highest BCUT2D eigenvalue weighted by Crippen LogP contribution is 2.17. The molecule has 0 aliphatic carbocycles. The van der Waals surface area contributed by atoms with Crippen LogP contribution in [0.5, 0.6) is 0 Å². The van der Waals surface area contributed by atoms with Crippen LogP contribution in [0.25, 0.3) is 0 Å². The second-order valence-electron chi connectivity index (χ2n) is 6.33. The highest BCUT2D eigenvalue weighted by Gasteiger charge is 2.11. The number of ether oxygens (including phenoxy) is 1. The van der Waals surface area contributed by atoms with Crippen molar-refractivity contribution in [2.75, 3.05) is 17.2 Å². The van der Waals surface area contributed by atoms with Gasteiger partial charge in [-0.25, -0.2) is 4.79 Å². The number of hydrogen-bond donors (Lipinski definition) is 2. The fourth-order valence-electron chi connectivity index (χ4n) is 2.68. The maximum atomic E-state index is 12.4. The van der Waals surface area contributed by atoms with Gasteiger partial charge in [0, 0.05) is 11.7 Å². The number of esters is 1. The van der Waals surface area contributed by atoms with Crippen LogP contribution in [0.1, 0.15) is 46.3 Å². The maximum Gasteiger partial charge on any atom is 0.338 e. The zero-order valence-corrected chi connectivity index (χ0v) is 16.3. The zero-order chi connectivity index (χ0) is 20.6. The van der Waals surface area contributed by atoms with Crippen molar-refractivity contribution >= 4 is 23.4 Å². The normalized spacial score (nSPS) is 11.4. The van der Waals surface area contributed by atoms with E-state index in [9.17, 15) is 9.59 Å². The van der Waals surface area contributed by atoms with Crippen molar-refractivity contribution in [3.8, 4) is 0 Å². The van der Waals surface area contributed by atoms with Gasteiger partial charge in [0.25, 0.3) is 5.91 Å². The summed E-state index contributed by atoms with van der Waals surface area (Å²) in [6.45, 7) is 4.08. The van der Waals surface area contributed by atoms with Gasteiger partial charge >= 0.3 is 5.97 Å². The predicted octanol–water partition coefficient (Wildman–Crippen LogP) is 4.08. The van der Waals surface area contributed by atoms with Gasteiger partial charge < -0.3 is 15.4 Å². The van der Waals surface area contributed by atoms with Crippen molar-refractivity contribution in [1.29, 1.82) is 0 Å². The molecule has 3 aromatic rings. The summed E-state index contributed by atoms with van der Waals surface area (Å²) in [6.07, 6.45) is 0. The van der Waals surface area contributed by atoms with Crippen molar-refractivity contribution in [1.82, 2.24) is 10.2 Å². The number of nitrogens with zero attached hydrogens (tertiary/aromatic N) is 2. The molecule has 1 aromatic heterocycles. The Hall–Kier alpha value is -3.74. The van der Waals surface area contributed by atoms with Gasteiger partial charge in [-0.1, -0.05) is 30.3 Å². The molecule has 148 valence electrons. The Morgan fingerprint density at radius 1 is 0.966 bits per heavy atom. The molecule has 1 unspecified atom stereocenters. The molecule has 0 saturated carbocycles. The minimum absolute atomic E-state index is 0.0584. The SMILES string of the molecule is CCOC(=O)c1ccc(NC(=O)c2ccc(NC(C)c3ccccc3)nn2)cc1. The van der Waals surface area contributed by atoms with Crippen LogP contribution in [-0.2, 0) is 4.74 Å². The molecule has 2 N–H and O–H groups in total. The van der Waals surface area contributed by atoms with Crippen LogP contribution in [0.15, 0.2) is 66.7 Å². The molecule has 0 aliphatic rings. The fraction of sp³-hybridized carbons (Fsp3) is 0.182. The lowest BCUT2D eigenvalue weighted by atomic mass is 10.1. The van der Waals surface area contributed by atoms with E-state index in [4.69, 9.17) is 4.74 Å². The number of rotatable bonds is 7. The van der Waals surface area contributed by atoms with Crippen LogP contribution in [-0.4, -0.2) is 28.7 Å². The summed E-state index contributed by atoms with van der Waals surface area (Å²) in [7, 11) is 0. The lowest BCUT2D eigenvalue weighted by Crippen LogP contribution is -2.15. The first-order chi connectivity index (χ1) is 14.1. The molecule has 0 spiro atoms. The summed E-state index contributed by atoms with van der Waals surface area (Å²) < 4.78 is 4.93. The van der Waals surface area contributed by atoms with Gasteiger partial charge in [0.05, 0.1) is 12.2 Å².